The van der Waals surface area contributed by atoms with Gasteiger partial charge in [-0.05, 0) is 15.9 Å². The number of nitrogens with one attached hydrogen (secondary N) is 1. The smallest absolute Gasteiger partial charge is 0.280 e. The fraction of sp³-hybridized carbons (Fsp3) is 0.500. The van der Waals surface area contributed by atoms with Crippen molar-refractivity contribution in [2.75, 3.05) is 12.3 Å². The molecule has 0 unspecified atom stereocenters. The van der Waals surface area contributed by atoms with Crippen molar-refractivity contribution in [2.45, 2.75) is 23.3 Å². The zero-order chi connectivity index (χ0) is 14.5. The number of H-pyrrole nitrogens is 1. The normalized spacial score (nSPS) is 30.1. The van der Waals surface area contributed by atoms with Crippen molar-refractivity contribution in [3.05, 3.63) is 16.7 Å². The molecule has 1 fully saturated rings. The van der Waals surface area contributed by atoms with Crippen LogP contribution in [0.25, 0.3) is 11.2 Å². The van der Waals surface area contributed by atoms with E-state index in [0.29, 0.717) is 0 Å². The lowest BCUT2D eigenvalue weighted by atomic mass is 10.2. The van der Waals surface area contributed by atoms with Gasteiger partial charge in [0.05, 0.1) is 12.7 Å². The molecule has 9 nitrogen and oxygen atoms in total. The summed E-state index contributed by atoms with van der Waals surface area (Å²) in [5.41, 5.74) is 5.41. The number of fused-ring (bicyclic) bond motifs is 1. The highest BCUT2D eigenvalue weighted by atomic mass is 79.9. The van der Waals surface area contributed by atoms with Gasteiger partial charge < -0.3 is 20.7 Å². The number of aromatic nitrogens is 4. The van der Waals surface area contributed by atoms with Gasteiger partial charge in [0.25, 0.3) is 5.56 Å². The molecule has 2 aromatic heterocycles. The molecule has 1 aliphatic rings. The van der Waals surface area contributed by atoms with E-state index in [-0.39, 0.29) is 30.1 Å². The van der Waals surface area contributed by atoms with E-state index in [4.69, 9.17) is 15.6 Å². The molecule has 0 amide bonds. The average Bonchev–Trinajstić information content (AvgIpc) is 2.91. The first kappa shape index (κ1) is 13.5. The van der Waals surface area contributed by atoms with Crippen LogP contribution in [0, 0.1) is 0 Å². The molecule has 0 bridgehead atoms. The number of nitrogens with two attached hydrogens (primary N) is 1. The van der Waals surface area contributed by atoms with Gasteiger partial charge in [-0.25, -0.2) is 4.98 Å². The fourth-order valence-electron chi connectivity index (χ4n) is 2.23. The van der Waals surface area contributed by atoms with Gasteiger partial charge in [-0.3, -0.25) is 14.3 Å². The number of alkyl halides is 1. The summed E-state index contributed by atoms with van der Waals surface area (Å²) < 4.78 is 5.92. The minimum Gasteiger partial charge on any atom is -0.394 e. The molecule has 3 atom stereocenters. The Kier molecular flexibility index (Phi) is 3.05. The summed E-state index contributed by atoms with van der Waals surface area (Å²) >= 11 is 3.36. The van der Waals surface area contributed by atoms with Crippen molar-refractivity contribution >= 4 is 33.0 Å². The molecular formula is C10H12BrN5O4. The quantitative estimate of drug-likeness (QED) is 0.504. The van der Waals surface area contributed by atoms with Gasteiger partial charge in [-0.15, -0.1) is 0 Å². The summed E-state index contributed by atoms with van der Waals surface area (Å²) in [5, 5.41) is 19.0. The summed E-state index contributed by atoms with van der Waals surface area (Å²) in [7, 11) is 0. The van der Waals surface area contributed by atoms with Crippen molar-refractivity contribution < 1.29 is 14.9 Å². The van der Waals surface area contributed by atoms with Gasteiger partial charge in [0, 0.05) is 6.42 Å². The largest absolute Gasteiger partial charge is 0.394 e. The second kappa shape index (κ2) is 4.52. The van der Waals surface area contributed by atoms with Crippen LogP contribution in [0.3, 0.4) is 0 Å². The molecule has 108 valence electrons. The molecule has 0 aliphatic carbocycles. The molecule has 20 heavy (non-hydrogen) atoms. The first-order valence-electron chi connectivity index (χ1n) is 5.83. The third-order valence-corrected chi connectivity index (χ3v) is 4.08. The summed E-state index contributed by atoms with van der Waals surface area (Å²) in [4.78, 5) is 22.1. The summed E-state index contributed by atoms with van der Waals surface area (Å²) in [5.74, 6) is -0.0439. The van der Waals surface area contributed by atoms with Crippen molar-refractivity contribution in [2.24, 2.45) is 0 Å². The summed E-state index contributed by atoms with van der Waals surface area (Å²) in [6, 6.07) is 0. The Morgan fingerprint density at radius 1 is 1.70 bits per heavy atom. The van der Waals surface area contributed by atoms with E-state index in [0.717, 1.165) is 0 Å². The van der Waals surface area contributed by atoms with Crippen molar-refractivity contribution in [3.63, 3.8) is 0 Å². The Hall–Kier alpha value is -1.49. The van der Waals surface area contributed by atoms with E-state index >= 15 is 0 Å². The number of ether oxygens (including phenoxy) is 1. The van der Waals surface area contributed by atoms with Crippen LogP contribution in [0.4, 0.5) is 5.95 Å². The van der Waals surface area contributed by atoms with Gasteiger partial charge >= 0.3 is 0 Å². The molecule has 3 rings (SSSR count). The zero-order valence-electron chi connectivity index (χ0n) is 10.2. The molecule has 3 heterocycles. The monoisotopic (exact) mass is 345 g/mol. The predicted molar refractivity (Wildman–Crippen MR) is 72.0 cm³/mol. The molecule has 0 radical (unpaired) electrons. The third-order valence-electron chi connectivity index (χ3n) is 3.19. The highest BCUT2D eigenvalue weighted by molar-refractivity contribution is 9.09. The number of rotatable bonds is 2. The maximum absolute atomic E-state index is 11.7. The Labute approximate surface area is 120 Å². The fourth-order valence-corrected chi connectivity index (χ4v) is 3.06. The number of hydrogen-bond donors (Lipinski definition) is 4. The predicted octanol–water partition coefficient (Wildman–Crippen LogP) is -1.15. The van der Waals surface area contributed by atoms with Crippen LogP contribution < -0.4 is 11.3 Å². The molecule has 1 aliphatic heterocycles. The van der Waals surface area contributed by atoms with E-state index in [1.54, 1.807) is 0 Å². The van der Waals surface area contributed by atoms with E-state index in [1.165, 1.54) is 10.9 Å². The highest BCUT2D eigenvalue weighted by Gasteiger charge is 2.46. The number of aromatic amines is 1. The van der Waals surface area contributed by atoms with Gasteiger partial charge in [0.2, 0.25) is 10.6 Å². The van der Waals surface area contributed by atoms with Crippen LogP contribution >= 0.6 is 15.9 Å². The summed E-state index contributed by atoms with van der Waals surface area (Å²) in [6.07, 6.45) is -0.0478. The number of aliphatic hydroxyl groups is 2. The van der Waals surface area contributed by atoms with Crippen LogP contribution in [0.1, 0.15) is 6.42 Å². The third kappa shape index (κ3) is 1.92. The molecule has 5 N–H and O–H groups in total. The highest BCUT2D eigenvalue weighted by Crippen LogP contribution is 2.41. The Bertz CT molecular complexity index is 715. The van der Waals surface area contributed by atoms with Crippen LogP contribution in [-0.4, -0.2) is 48.5 Å². The lowest BCUT2D eigenvalue weighted by molar-refractivity contribution is -0.0576. The van der Waals surface area contributed by atoms with Gasteiger partial charge in [0.1, 0.15) is 12.4 Å². The molecule has 10 heteroatoms. The van der Waals surface area contributed by atoms with Crippen molar-refractivity contribution in [3.8, 4) is 0 Å². The van der Waals surface area contributed by atoms with E-state index in [1.807, 2.05) is 0 Å². The second-order valence-electron chi connectivity index (χ2n) is 4.54. The summed E-state index contributed by atoms with van der Waals surface area (Å²) in [6.45, 7) is -0.322. The molecule has 1 saturated heterocycles. The first-order valence-corrected chi connectivity index (χ1v) is 6.63. The molecular weight excluding hydrogens is 334 g/mol. The van der Waals surface area contributed by atoms with Gasteiger partial charge in [-0.2, -0.15) is 4.98 Å². The molecule has 0 saturated carbocycles. The number of hydrogen-bond acceptors (Lipinski definition) is 7. The van der Waals surface area contributed by atoms with Gasteiger partial charge in [-0.1, -0.05) is 0 Å². The maximum atomic E-state index is 11.7. The Morgan fingerprint density at radius 3 is 3.10 bits per heavy atom. The number of nitrogens with zero attached hydrogens (tertiary/aromatic N) is 3. The molecule has 2 aromatic rings. The standard InChI is InChI=1S/C10H12BrN5O4/c11-10(1-4(18)5(2-17)20-10)16-3-13-6-7(16)14-9(12)15-8(6)19/h3-5,17-18H,1-2H2,(H3,12,14,15,19)/t4-,5+,10-/m0/s1. The average molecular weight is 346 g/mol. The van der Waals surface area contributed by atoms with Crippen LogP contribution in [0.2, 0.25) is 0 Å². The van der Waals surface area contributed by atoms with E-state index < -0.39 is 22.4 Å². The van der Waals surface area contributed by atoms with E-state index in [2.05, 4.69) is 30.9 Å². The van der Waals surface area contributed by atoms with Crippen LogP contribution in [-0.2, 0) is 9.37 Å². The minimum absolute atomic E-state index is 0.0439. The topological polar surface area (TPSA) is 139 Å². The number of nitrogen functional groups attached to an aromatic ring is 1. The molecule has 0 aromatic carbocycles. The lowest BCUT2D eigenvalue weighted by Crippen LogP contribution is -2.28. The van der Waals surface area contributed by atoms with Crippen LogP contribution in [0.15, 0.2) is 11.1 Å². The number of halogens is 1. The SMILES string of the molecule is Nc1nc2c(ncn2[C@@]2(Br)C[C@H](O)[C@@H](CO)O2)c(=O)[nH]1. The number of anilines is 1. The number of aliphatic hydroxyl groups excluding tert-OH is 2. The minimum atomic E-state index is -1.14. The van der Waals surface area contributed by atoms with Crippen molar-refractivity contribution in [1.29, 1.82) is 0 Å². The zero-order valence-corrected chi connectivity index (χ0v) is 11.7. The lowest BCUT2D eigenvalue weighted by Gasteiger charge is -2.23. The first-order chi connectivity index (χ1) is 9.44. The Morgan fingerprint density at radius 2 is 2.45 bits per heavy atom. The maximum Gasteiger partial charge on any atom is 0.280 e. The van der Waals surface area contributed by atoms with E-state index in [9.17, 15) is 9.90 Å². The molecule has 0 spiro atoms. The van der Waals surface area contributed by atoms with Crippen LogP contribution in [0.5, 0.6) is 0 Å². The number of imidazole rings is 1. The Balaban J connectivity index is 2.14. The van der Waals surface area contributed by atoms with Gasteiger partial charge in [0.15, 0.2) is 11.2 Å². The van der Waals surface area contributed by atoms with Crippen molar-refractivity contribution in [1.82, 2.24) is 19.5 Å². The second-order valence-corrected chi connectivity index (χ2v) is 5.78.